The van der Waals surface area contributed by atoms with Crippen LogP contribution in [0.4, 0.5) is 5.95 Å². The van der Waals surface area contributed by atoms with Crippen molar-refractivity contribution < 1.29 is 9.53 Å². The Morgan fingerprint density at radius 1 is 1.33 bits per heavy atom. The quantitative estimate of drug-likeness (QED) is 0.409. The van der Waals surface area contributed by atoms with E-state index in [1.54, 1.807) is 23.4 Å². The average Bonchev–Trinajstić information content (AvgIpc) is 3.04. The van der Waals surface area contributed by atoms with E-state index in [1.165, 1.54) is 0 Å². The Kier molecular flexibility index (Phi) is 6.44. The van der Waals surface area contributed by atoms with Gasteiger partial charge in [0, 0.05) is 16.5 Å². The van der Waals surface area contributed by atoms with Gasteiger partial charge in [0.25, 0.3) is 0 Å². The van der Waals surface area contributed by atoms with Crippen LogP contribution in [0.15, 0.2) is 40.7 Å². The highest BCUT2D eigenvalue weighted by molar-refractivity contribution is 7.99. The summed E-state index contributed by atoms with van der Waals surface area (Å²) >= 11 is 7.67. The summed E-state index contributed by atoms with van der Waals surface area (Å²) in [6.45, 7) is 6.12. The van der Waals surface area contributed by atoms with Crippen molar-refractivity contribution in [1.29, 1.82) is 0 Å². The molecule has 1 aromatic carbocycles. The van der Waals surface area contributed by atoms with Crippen molar-refractivity contribution in [3.05, 3.63) is 46.1 Å². The first-order valence-electron chi connectivity index (χ1n) is 9.04. The molecule has 0 saturated heterocycles. The number of halogens is 1. The zero-order chi connectivity index (χ0) is 19.4. The predicted octanol–water partition coefficient (Wildman–Crippen LogP) is 4.68. The monoisotopic (exact) mass is 406 g/mol. The van der Waals surface area contributed by atoms with Crippen molar-refractivity contribution in [2.45, 2.75) is 44.8 Å². The van der Waals surface area contributed by atoms with E-state index in [0.29, 0.717) is 28.3 Å². The SMILES string of the molecule is CCCCSc1nc2n(n1)C(c1ccc(Cl)cc1)C(C(=O)OCC)=C(C)N2. The first kappa shape index (κ1) is 19.8. The molecule has 0 fully saturated rings. The first-order chi connectivity index (χ1) is 13.0. The number of esters is 1. The summed E-state index contributed by atoms with van der Waals surface area (Å²) in [5.41, 5.74) is 2.15. The number of ether oxygens (including phenoxy) is 1. The van der Waals surface area contributed by atoms with E-state index in [9.17, 15) is 4.79 Å². The van der Waals surface area contributed by atoms with Crippen LogP contribution >= 0.6 is 23.4 Å². The lowest BCUT2D eigenvalue weighted by Gasteiger charge is -2.28. The molecule has 6 nitrogen and oxygen atoms in total. The third kappa shape index (κ3) is 4.30. The minimum Gasteiger partial charge on any atom is -0.463 e. The first-order valence-corrected chi connectivity index (χ1v) is 10.4. The van der Waals surface area contributed by atoms with Gasteiger partial charge < -0.3 is 10.1 Å². The molecule has 2 aromatic rings. The summed E-state index contributed by atoms with van der Waals surface area (Å²) in [4.78, 5) is 17.3. The van der Waals surface area contributed by atoms with Crippen molar-refractivity contribution in [1.82, 2.24) is 14.8 Å². The molecule has 1 aliphatic heterocycles. The smallest absolute Gasteiger partial charge is 0.338 e. The lowest BCUT2D eigenvalue weighted by Crippen LogP contribution is -2.29. The molecule has 1 N–H and O–H groups in total. The summed E-state index contributed by atoms with van der Waals surface area (Å²) in [6, 6.07) is 7.01. The maximum atomic E-state index is 12.7. The van der Waals surface area contributed by atoms with Crippen molar-refractivity contribution in [3.63, 3.8) is 0 Å². The normalized spacial score (nSPS) is 16.1. The van der Waals surface area contributed by atoms with Crippen LogP contribution in [0.5, 0.6) is 0 Å². The van der Waals surface area contributed by atoms with Crippen LogP contribution < -0.4 is 5.32 Å². The standard InChI is InChI=1S/C19H23ClN4O2S/c1-4-6-11-27-19-22-18-21-12(3)15(17(25)26-5-2)16(24(18)23-19)13-7-9-14(20)10-8-13/h7-10,16H,4-6,11H2,1-3H3,(H,21,22,23). The van der Waals surface area contributed by atoms with Gasteiger partial charge in [0.15, 0.2) is 0 Å². The molecule has 0 amide bonds. The molecule has 2 heterocycles. The molecular formula is C19H23ClN4O2S. The molecule has 0 aliphatic carbocycles. The second-order valence-corrected chi connectivity index (χ2v) is 7.70. The van der Waals surface area contributed by atoms with Crippen LogP contribution in [0.3, 0.4) is 0 Å². The van der Waals surface area contributed by atoms with Gasteiger partial charge in [-0.25, -0.2) is 9.48 Å². The number of carbonyl (C=O) groups excluding carboxylic acids is 1. The number of aromatic nitrogens is 3. The van der Waals surface area contributed by atoms with Gasteiger partial charge in [0.05, 0.1) is 12.2 Å². The minimum atomic E-state index is -0.411. The highest BCUT2D eigenvalue weighted by atomic mass is 35.5. The van der Waals surface area contributed by atoms with Gasteiger partial charge in [-0.15, -0.1) is 5.10 Å². The molecule has 144 valence electrons. The van der Waals surface area contributed by atoms with Gasteiger partial charge in [0.1, 0.15) is 6.04 Å². The Balaban J connectivity index is 2.03. The fourth-order valence-electron chi connectivity index (χ4n) is 2.93. The van der Waals surface area contributed by atoms with Crippen LogP contribution in [0.1, 0.15) is 45.2 Å². The van der Waals surface area contributed by atoms with E-state index in [4.69, 9.17) is 16.3 Å². The summed E-state index contributed by atoms with van der Waals surface area (Å²) in [5, 5.41) is 9.20. The molecule has 0 saturated carbocycles. The van der Waals surface area contributed by atoms with E-state index in [0.717, 1.165) is 29.9 Å². The molecular weight excluding hydrogens is 384 g/mol. The number of allylic oxidation sites excluding steroid dienone is 1. The fourth-order valence-corrected chi connectivity index (χ4v) is 3.97. The van der Waals surface area contributed by atoms with Crippen molar-refractivity contribution >= 4 is 35.3 Å². The third-order valence-corrected chi connectivity index (χ3v) is 5.42. The van der Waals surface area contributed by atoms with Crippen LogP contribution in [-0.2, 0) is 9.53 Å². The van der Waals surface area contributed by atoms with Gasteiger partial charge in [-0.05, 0) is 38.0 Å². The molecule has 1 aliphatic rings. The van der Waals surface area contributed by atoms with Gasteiger partial charge >= 0.3 is 5.97 Å². The van der Waals surface area contributed by atoms with E-state index in [1.807, 2.05) is 31.2 Å². The second-order valence-electron chi connectivity index (χ2n) is 6.20. The topological polar surface area (TPSA) is 69.0 Å². The van der Waals surface area contributed by atoms with Crippen LogP contribution in [0, 0.1) is 0 Å². The van der Waals surface area contributed by atoms with E-state index < -0.39 is 6.04 Å². The number of hydrogen-bond donors (Lipinski definition) is 1. The number of carbonyl (C=O) groups is 1. The minimum absolute atomic E-state index is 0.311. The maximum Gasteiger partial charge on any atom is 0.338 e. The van der Waals surface area contributed by atoms with Crippen LogP contribution in [-0.4, -0.2) is 33.1 Å². The summed E-state index contributed by atoms with van der Waals surface area (Å²) in [6.07, 6.45) is 2.23. The number of benzene rings is 1. The summed E-state index contributed by atoms with van der Waals surface area (Å²) in [5.74, 6) is 1.23. The Morgan fingerprint density at radius 2 is 2.07 bits per heavy atom. The lowest BCUT2D eigenvalue weighted by molar-refractivity contribution is -0.139. The number of rotatable bonds is 7. The second kappa shape index (κ2) is 8.80. The molecule has 1 unspecified atom stereocenters. The molecule has 3 rings (SSSR count). The summed E-state index contributed by atoms with van der Waals surface area (Å²) < 4.78 is 7.06. The van der Waals surface area contributed by atoms with Gasteiger partial charge in [-0.3, -0.25) is 0 Å². The highest BCUT2D eigenvalue weighted by Crippen LogP contribution is 2.37. The van der Waals surface area contributed by atoms with E-state index in [2.05, 4.69) is 22.3 Å². The molecule has 1 atom stereocenters. The third-order valence-electron chi connectivity index (χ3n) is 4.24. The molecule has 0 bridgehead atoms. The Bertz CT molecular complexity index is 848. The van der Waals surface area contributed by atoms with Crippen molar-refractivity contribution in [2.75, 3.05) is 17.7 Å². The number of thioether (sulfide) groups is 1. The number of hydrogen-bond acceptors (Lipinski definition) is 6. The zero-order valence-corrected chi connectivity index (χ0v) is 17.2. The largest absolute Gasteiger partial charge is 0.463 e. The predicted molar refractivity (Wildman–Crippen MR) is 108 cm³/mol. The number of nitrogens with zero attached hydrogens (tertiary/aromatic N) is 3. The van der Waals surface area contributed by atoms with Crippen LogP contribution in [0.25, 0.3) is 0 Å². The van der Waals surface area contributed by atoms with Crippen molar-refractivity contribution in [3.8, 4) is 0 Å². The molecule has 1 aromatic heterocycles. The average molecular weight is 407 g/mol. The highest BCUT2D eigenvalue weighted by Gasteiger charge is 2.35. The number of unbranched alkanes of at least 4 members (excludes halogenated alkanes) is 1. The number of fused-ring (bicyclic) bond motifs is 1. The maximum absolute atomic E-state index is 12.7. The van der Waals surface area contributed by atoms with Gasteiger partial charge in [-0.2, -0.15) is 4.98 Å². The van der Waals surface area contributed by atoms with E-state index >= 15 is 0 Å². The molecule has 27 heavy (non-hydrogen) atoms. The number of nitrogens with one attached hydrogen (secondary N) is 1. The Morgan fingerprint density at radius 3 is 2.74 bits per heavy atom. The van der Waals surface area contributed by atoms with Gasteiger partial charge in [0.2, 0.25) is 11.1 Å². The Labute approximate surface area is 168 Å². The molecule has 0 radical (unpaired) electrons. The molecule has 0 spiro atoms. The van der Waals surface area contributed by atoms with Gasteiger partial charge in [-0.1, -0.05) is 48.8 Å². The lowest BCUT2D eigenvalue weighted by atomic mass is 9.96. The van der Waals surface area contributed by atoms with Crippen molar-refractivity contribution in [2.24, 2.45) is 0 Å². The number of anilines is 1. The zero-order valence-electron chi connectivity index (χ0n) is 15.7. The van der Waals surface area contributed by atoms with E-state index in [-0.39, 0.29) is 5.97 Å². The fraction of sp³-hybridized carbons (Fsp3) is 0.421. The Hall–Kier alpha value is -1.99. The molecule has 8 heteroatoms. The van der Waals surface area contributed by atoms with Crippen LogP contribution in [0.2, 0.25) is 5.02 Å². The summed E-state index contributed by atoms with van der Waals surface area (Å²) in [7, 11) is 0.